The van der Waals surface area contributed by atoms with E-state index in [1.54, 1.807) is 18.2 Å². The van der Waals surface area contributed by atoms with E-state index in [-0.39, 0.29) is 11.5 Å². The van der Waals surface area contributed by atoms with Crippen LogP contribution in [-0.2, 0) is 0 Å². The maximum Gasteiger partial charge on any atom is 0.307 e. The zero-order valence-electron chi connectivity index (χ0n) is 10.0. The van der Waals surface area contributed by atoms with Gasteiger partial charge in [-0.3, -0.25) is 15.5 Å². The van der Waals surface area contributed by atoms with E-state index in [0.717, 1.165) is 6.20 Å². The topological polar surface area (TPSA) is 120 Å². The molecule has 98 valence electrons. The molecule has 19 heavy (non-hydrogen) atoms. The lowest BCUT2D eigenvalue weighted by atomic mass is 10.1. The second-order valence-corrected chi connectivity index (χ2v) is 3.70. The zero-order chi connectivity index (χ0) is 14.0. The van der Waals surface area contributed by atoms with Crippen LogP contribution in [0.25, 0.3) is 5.69 Å². The average molecular weight is 261 g/mol. The number of methoxy groups -OCH3 is 1. The summed E-state index contributed by atoms with van der Waals surface area (Å²) < 4.78 is 6.37. The smallest absolute Gasteiger partial charge is 0.307 e. The van der Waals surface area contributed by atoms with E-state index in [1.165, 1.54) is 18.0 Å². The van der Waals surface area contributed by atoms with E-state index in [4.69, 9.17) is 15.9 Å². The lowest BCUT2D eigenvalue weighted by molar-refractivity contribution is -0.384. The summed E-state index contributed by atoms with van der Waals surface area (Å²) in [5.41, 5.74) is 6.20. The van der Waals surface area contributed by atoms with E-state index >= 15 is 0 Å². The molecule has 0 fully saturated rings. The second kappa shape index (κ2) is 4.77. The van der Waals surface area contributed by atoms with Gasteiger partial charge < -0.3 is 10.5 Å². The molecule has 0 unspecified atom stereocenters. The number of nitrogens with one attached hydrogen (secondary N) is 1. The predicted molar refractivity (Wildman–Crippen MR) is 67.8 cm³/mol. The number of hydrogen-bond acceptors (Lipinski definition) is 5. The molecule has 1 aromatic heterocycles. The summed E-state index contributed by atoms with van der Waals surface area (Å²) in [5.74, 6) is 0.383. The van der Waals surface area contributed by atoms with Crippen molar-refractivity contribution in [3.05, 3.63) is 46.3 Å². The molecule has 8 nitrogen and oxygen atoms in total. The normalized spacial score (nSPS) is 10.2. The molecule has 2 aromatic rings. The van der Waals surface area contributed by atoms with Crippen LogP contribution >= 0.6 is 0 Å². The van der Waals surface area contributed by atoms with E-state index in [1.807, 2.05) is 0 Å². The van der Waals surface area contributed by atoms with Crippen LogP contribution in [0.3, 0.4) is 0 Å². The molecule has 1 heterocycles. The molecule has 0 atom stereocenters. The van der Waals surface area contributed by atoms with Crippen molar-refractivity contribution in [3.63, 3.8) is 0 Å². The largest absolute Gasteiger partial charge is 0.497 e. The van der Waals surface area contributed by atoms with E-state index in [0.29, 0.717) is 17.0 Å². The third kappa shape index (κ3) is 2.37. The van der Waals surface area contributed by atoms with Gasteiger partial charge >= 0.3 is 5.69 Å². The van der Waals surface area contributed by atoms with Crippen LogP contribution in [0.1, 0.15) is 5.56 Å². The fourth-order valence-corrected chi connectivity index (χ4v) is 1.60. The van der Waals surface area contributed by atoms with Gasteiger partial charge in [-0.1, -0.05) is 0 Å². The van der Waals surface area contributed by atoms with Gasteiger partial charge in [-0.2, -0.15) is 5.10 Å². The van der Waals surface area contributed by atoms with Gasteiger partial charge in [-0.05, 0) is 12.1 Å². The fraction of sp³-hybridized carbons (Fsp3) is 0.0909. The zero-order valence-corrected chi connectivity index (χ0v) is 10.0. The quantitative estimate of drug-likeness (QED) is 0.369. The van der Waals surface area contributed by atoms with Crippen molar-refractivity contribution < 1.29 is 9.66 Å². The Kier molecular flexibility index (Phi) is 3.15. The highest BCUT2D eigenvalue weighted by molar-refractivity contribution is 5.98. The highest BCUT2D eigenvalue weighted by Crippen LogP contribution is 2.22. The van der Waals surface area contributed by atoms with Crippen LogP contribution < -0.4 is 10.5 Å². The first-order valence-corrected chi connectivity index (χ1v) is 5.25. The second-order valence-electron chi connectivity index (χ2n) is 3.70. The van der Waals surface area contributed by atoms with Crippen LogP contribution in [0.2, 0.25) is 0 Å². The van der Waals surface area contributed by atoms with E-state index in [9.17, 15) is 10.1 Å². The molecule has 2 rings (SSSR count). The summed E-state index contributed by atoms with van der Waals surface area (Å²) in [6, 6.07) is 4.86. The van der Waals surface area contributed by atoms with Gasteiger partial charge in [-0.15, -0.1) is 0 Å². The van der Waals surface area contributed by atoms with Crippen molar-refractivity contribution in [2.75, 3.05) is 7.11 Å². The van der Waals surface area contributed by atoms with Crippen molar-refractivity contribution in [3.8, 4) is 11.4 Å². The number of nitro groups is 1. The Hall–Kier alpha value is -2.90. The first-order valence-electron chi connectivity index (χ1n) is 5.25. The first-order chi connectivity index (χ1) is 9.02. The van der Waals surface area contributed by atoms with Gasteiger partial charge in [0.05, 0.1) is 17.7 Å². The monoisotopic (exact) mass is 261 g/mol. The van der Waals surface area contributed by atoms with Gasteiger partial charge in [0.2, 0.25) is 0 Å². The molecule has 8 heteroatoms. The van der Waals surface area contributed by atoms with Crippen LogP contribution in [0, 0.1) is 15.5 Å². The number of amidine groups is 1. The highest BCUT2D eigenvalue weighted by atomic mass is 16.6. The van der Waals surface area contributed by atoms with Crippen LogP contribution in [0.4, 0.5) is 5.69 Å². The summed E-state index contributed by atoms with van der Waals surface area (Å²) >= 11 is 0. The summed E-state index contributed by atoms with van der Waals surface area (Å²) in [7, 11) is 1.50. The Labute approximate surface area is 108 Å². The lowest BCUT2D eigenvalue weighted by Crippen LogP contribution is -2.15. The minimum Gasteiger partial charge on any atom is -0.497 e. The number of rotatable bonds is 4. The Balaban J connectivity index is 2.57. The Morgan fingerprint density at radius 2 is 2.32 bits per heavy atom. The van der Waals surface area contributed by atoms with Crippen LogP contribution in [0.15, 0.2) is 30.6 Å². The predicted octanol–water partition coefficient (Wildman–Crippen LogP) is 1.07. The maximum atomic E-state index is 10.6. The summed E-state index contributed by atoms with van der Waals surface area (Å²) in [6.45, 7) is 0. The molecule has 0 amide bonds. The fourth-order valence-electron chi connectivity index (χ4n) is 1.60. The molecular weight excluding hydrogens is 250 g/mol. The van der Waals surface area contributed by atoms with E-state index in [2.05, 4.69) is 5.10 Å². The maximum absolute atomic E-state index is 10.6. The van der Waals surface area contributed by atoms with Crippen molar-refractivity contribution in [2.24, 2.45) is 5.73 Å². The number of hydrogen-bond donors (Lipinski definition) is 2. The summed E-state index contributed by atoms with van der Waals surface area (Å²) in [6.07, 6.45) is 2.38. The first kappa shape index (κ1) is 12.6. The molecule has 0 aliphatic heterocycles. The summed E-state index contributed by atoms with van der Waals surface area (Å²) in [5, 5.41) is 22.0. The standard InChI is InChI=1S/C11H11N5O3/c1-19-8-2-3-9(11(12)13)10(4-8)15-6-7(5-14-15)16(17)18/h2-6H,1H3,(H3,12,13). The summed E-state index contributed by atoms with van der Waals surface area (Å²) in [4.78, 5) is 10.1. The molecule has 0 aliphatic carbocycles. The number of ether oxygens (including phenoxy) is 1. The molecule has 0 bridgehead atoms. The number of benzene rings is 1. The lowest BCUT2D eigenvalue weighted by Gasteiger charge is -2.09. The number of nitrogens with zero attached hydrogens (tertiary/aromatic N) is 3. The minimum atomic E-state index is -0.545. The van der Waals surface area contributed by atoms with Crippen molar-refractivity contribution >= 4 is 11.5 Å². The van der Waals surface area contributed by atoms with Gasteiger partial charge in [0.25, 0.3) is 0 Å². The van der Waals surface area contributed by atoms with Crippen molar-refractivity contribution in [1.29, 1.82) is 5.41 Å². The van der Waals surface area contributed by atoms with Gasteiger partial charge in [-0.25, -0.2) is 4.68 Å². The van der Waals surface area contributed by atoms with Gasteiger partial charge in [0.1, 0.15) is 24.0 Å². The van der Waals surface area contributed by atoms with Crippen LogP contribution in [0.5, 0.6) is 5.75 Å². The van der Waals surface area contributed by atoms with Crippen LogP contribution in [-0.4, -0.2) is 27.6 Å². The molecule has 0 saturated heterocycles. The molecular formula is C11H11N5O3. The number of aromatic nitrogens is 2. The Bertz CT molecular complexity index is 650. The van der Waals surface area contributed by atoms with Crippen molar-refractivity contribution in [1.82, 2.24) is 9.78 Å². The SMILES string of the molecule is COc1ccc(C(=N)N)c(-n2cc([N+](=O)[O-])cn2)c1. The molecule has 0 saturated carbocycles. The molecule has 3 N–H and O–H groups in total. The molecule has 0 radical (unpaired) electrons. The van der Waals surface area contributed by atoms with Gasteiger partial charge in [0, 0.05) is 11.6 Å². The highest BCUT2D eigenvalue weighted by Gasteiger charge is 2.14. The minimum absolute atomic E-state index is 0.141. The third-order valence-corrected chi connectivity index (χ3v) is 2.52. The Morgan fingerprint density at radius 3 is 2.84 bits per heavy atom. The van der Waals surface area contributed by atoms with E-state index < -0.39 is 4.92 Å². The average Bonchev–Trinajstić information content (AvgIpc) is 2.87. The number of nitrogens with two attached hydrogens (primary N) is 1. The Morgan fingerprint density at radius 1 is 1.58 bits per heavy atom. The van der Waals surface area contributed by atoms with Crippen molar-refractivity contribution in [2.45, 2.75) is 0 Å². The third-order valence-electron chi connectivity index (χ3n) is 2.52. The number of nitrogen functional groups attached to an aromatic ring is 1. The molecule has 0 spiro atoms. The molecule has 0 aliphatic rings. The molecule has 1 aromatic carbocycles. The van der Waals surface area contributed by atoms with Gasteiger partial charge in [0.15, 0.2) is 0 Å².